The smallest absolute Gasteiger partial charge is 0.399 e. The average Bonchev–Trinajstić information content (AvgIpc) is 2.75. The monoisotopic (exact) mass is 521 g/mol. The Morgan fingerprint density at radius 3 is 1.75 bits per heavy atom. The number of benzene rings is 3. The first-order valence-electron chi connectivity index (χ1n) is 10.7. The van der Waals surface area contributed by atoms with Gasteiger partial charge >= 0.3 is 6.36 Å². The van der Waals surface area contributed by atoms with Crippen LogP contribution in [0.4, 0.5) is 39.5 Å². The Morgan fingerprint density at radius 2 is 1.22 bits per heavy atom. The summed E-state index contributed by atoms with van der Waals surface area (Å²) in [5.41, 5.74) is -2.83. The summed E-state index contributed by atoms with van der Waals surface area (Å²) >= 11 is 0. The minimum absolute atomic E-state index is 0.285. The number of hydrogen-bond donors (Lipinski definition) is 0. The van der Waals surface area contributed by atoms with Crippen molar-refractivity contribution in [2.75, 3.05) is 0 Å². The summed E-state index contributed by atoms with van der Waals surface area (Å²) in [7, 11) is 0. The van der Waals surface area contributed by atoms with Crippen LogP contribution in [-0.2, 0) is 24.4 Å². The molecule has 193 valence electrons. The maximum atomic E-state index is 15.2. The van der Waals surface area contributed by atoms with Crippen LogP contribution < -0.4 is 4.74 Å². The molecule has 0 N–H and O–H groups in total. The van der Waals surface area contributed by atoms with Gasteiger partial charge in [0.25, 0.3) is 0 Å². The fourth-order valence-corrected chi connectivity index (χ4v) is 3.73. The molecule has 0 aliphatic rings. The van der Waals surface area contributed by atoms with Crippen molar-refractivity contribution in [2.24, 2.45) is 0 Å². The summed E-state index contributed by atoms with van der Waals surface area (Å²) in [6.45, 7) is 1.87. The van der Waals surface area contributed by atoms with Crippen molar-refractivity contribution in [1.29, 1.82) is 0 Å². The van der Waals surface area contributed by atoms with Crippen LogP contribution in [0.2, 0.25) is 0 Å². The molecule has 3 aromatic rings. The van der Waals surface area contributed by atoms with Crippen molar-refractivity contribution in [1.82, 2.24) is 0 Å². The molecule has 3 aromatic carbocycles. The quantitative estimate of drug-likeness (QED) is 0.274. The summed E-state index contributed by atoms with van der Waals surface area (Å²) in [4.78, 5) is 0. The first-order chi connectivity index (χ1) is 16.8. The van der Waals surface area contributed by atoms with Crippen molar-refractivity contribution >= 4 is 0 Å². The van der Waals surface area contributed by atoms with E-state index in [0.29, 0.717) is 31.0 Å². The van der Waals surface area contributed by atoms with Crippen LogP contribution in [0, 0.1) is 34.9 Å². The zero-order chi connectivity index (χ0) is 26.8. The Hall–Kier alpha value is -3.37. The molecule has 0 aliphatic carbocycles. The maximum Gasteiger partial charge on any atom is 0.573 e. The third-order valence-corrected chi connectivity index (χ3v) is 5.39. The molecule has 3 rings (SSSR count). The van der Waals surface area contributed by atoms with Crippen molar-refractivity contribution in [2.45, 2.75) is 45.4 Å². The second-order valence-electron chi connectivity index (χ2n) is 8.00. The summed E-state index contributed by atoms with van der Waals surface area (Å²) in [5.74, 6) is -11.8. The molecule has 0 heterocycles. The molecule has 0 bridgehead atoms. The molecule has 0 spiro atoms. The number of rotatable bonds is 8. The molecule has 0 aromatic heterocycles. The van der Waals surface area contributed by atoms with Gasteiger partial charge < -0.3 is 4.74 Å². The normalized spacial score (nSPS) is 11.7. The van der Waals surface area contributed by atoms with Crippen LogP contribution in [0.1, 0.15) is 36.5 Å². The molecule has 2 nitrogen and oxygen atoms in total. The van der Waals surface area contributed by atoms with Gasteiger partial charge in [0, 0.05) is 11.6 Å². The van der Waals surface area contributed by atoms with Crippen molar-refractivity contribution in [3.05, 3.63) is 81.9 Å². The van der Waals surface area contributed by atoms with Gasteiger partial charge in [-0.1, -0.05) is 13.3 Å². The molecule has 0 amide bonds. The number of hydrogen-bond acceptors (Lipinski definition) is 1. The first-order valence-corrected chi connectivity index (χ1v) is 10.7. The van der Waals surface area contributed by atoms with Gasteiger partial charge in [-0.3, -0.25) is 5.11 Å². The third-order valence-electron chi connectivity index (χ3n) is 5.39. The van der Waals surface area contributed by atoms with Gasteiger partial charge in [-0.25, -0.2) is 26.3 Å². The minimum Gasteiger partial charge on any atom is -0.399 e. The molecule has 0 fully saturated rings. The zero-order valence-corrected chi connectivity index (χ0v) is 18.6. The van der Waals surface area contributed by atoms with E-state index >= 15 is 4.39 Å². The SMILES string of the molecule is CCCCc1cc(F)c(-c2c([O])cc(F)c(CCc3cc(F)c(OC(F)(F)F)c(F)c3)c2F)c(F)c1. The number of unbranched alkanes of at least 4 members (excludes halogenated alkanes) is 1. The topological polar surface area (TPSA) is 29.1 Å². The molecular weight excluding hydrogens is 503 g/mol. The molecule has 0 saturated heterocycles. The van der Waals surface area contributed by atoms with E-state index < -0.39 is 82.3 Å². The van der Waals surface area contributed by atoms with Crippen LogP contribution >= 0.6 is 0 Å². The van der Waals surface area contributed by atoms with Crippen LogP contribution in [0.15, 0.2) is 30.3 Å². The lowest BCUT2D eigenvalue weighted by molar-refractivity contribution is -0.276. The van der Waals surface area contributed by atoms with Crippen molar-refractivity contribution < 1.29 is 49.4 Å². The highest BCUT2D eigenvalue weighted by Gasteiger charge is 2.34. The fourth-order valence-electron chi connectivity index (χ4n) is 3.73. The van der Waals surface area contributed by atoms with Crippen LogP contribution in [0.25, 0.3) is 11.1 Å². The van der Waals surface area contributed by atoms with E-state index in [1.54, 1.807) is 0 Å². The summed E-state index contributed by atoms with van der Waals surface area (Å²) in [6.07, 6.45) is -4.77. The molecule has 1 radical (unpaired) electrons. The predicted octanol–water partition coefficient (Wildman–Crippen LogP) is 8.36. The average molecular weight is 521 g/mol. The van der Waals surface area contributed by atoms with Crippen molar-refractivity contribution in [3.8, 4) is 22.6 Å². The van der Waals surface area contributed by atoms with Gasteiger partial charge in [-0.15, -0.1) is 13.2 Å². The van der Waals surface area contributed by atoms with E-state index in [9.17, 15) is 40.2 Å². The van der Waals surface area contributed by atoms with Gasteiger partial charge in [-0.05, 0) is 61.1 Å². The van der Waals surface area contributed by atoms with E-state index in [-0.39, 0.29) is 11.1 Å². The second-order valence-corrected chi connectivity index (χ2v) is 8.00. The number of aryl methyl sites for hydroxylation is 2. The Labute approximate surface area is 199 Å². The van der Waals surface area contributed by atoms with E-state index in [1.807, 2.05) is 6.92 Å². The van der Waals surface area contributed by atoms with Gasteiger partial charge in [0.2, 0.25) is 5.75 Å². The molecule has 0 unspecified atom stereocenters. The van der Waals surface area contributed by atoms with Gasteiger partial charge in [0.05, 0.1) is 11.1 Å². The lowest BCUT2D eigenvalue weighted by Gasteiger charge is -2.14. The Kier molecular flexibility index (Phi) is 8.10. The number of alkyl halides is 3. The van der Waals surface area contributed by atoms with Gasteiger partial charge in [0.15, 0.2) is 17.4 Å². The molecule has 0 aliphatic heterocycles. The number of halogens is 9. The summed E-state index contributed by atoms with van der Waals surface area (Å²) in [5, 5.41) is 12.3. The standard InChI is InChI=1S/C25H18F9O2/c1-2-3-4-12-7-16(27)21(17(28)8-12)22-20(35)11-15(26)14(23(22)31)6-5-13-9-18(29)24(19(30)10-13)36-25(32,33)34/h7-11H,2-6H2,1H3. The number of ether oxygens (including phenoxy) is 1. The highest BCUT2D eigenvalue weighted by atomic mass is 19.4. The fraction of sp³-hybridized carbons (Fsp3) is 0.280. The Bertz CT molecular complexity index is 1220. The predicted molar refractivity (Wildman–Crippen MR) is 111 cm³/mol. The summed E-state index contributed by atoms with van der Waals surface area (Å²) in [6, 6.07) is 3.20. The lowest BCUT2D eigenvalue weighted by Crippen LogP contribution is -2.19. The van der Waals surface area contributed by atoms with E-state index in [1.165, 1.54) is 0 Å². The highest BCUT2D eigenvalue weighted by Crippen LogP contribution is 2.39. The van der Waals surface area contributed by atoms with Gasteiger partial charge in [-0.2, -0.15) is 0 Å². The molecule has 0 saturated carbocycles. The highest BCUT2D eigenvalue weighted by molar-refractivity contribution is 5.73. The summed E-state index contributed by atoms with van der Waals surface area (Å²) < 4.78 is 127. The van der Waals surface area contributed by atoms with Crippen LogP contribution in [0.3, 0.4) is 0 Å². The Morgan fingerprint density at radius 1 is 0.694 bits per heavy atom. The molecular formula is C25H18F9O2. The zero-order valence-electron chi connectivity index (χ0n) is 18.6. The van der Waals surface area contributed by atoms with E-state index in [4.69, 9.17) is 0 Å². The second kappa shape index (κ2) is 10.7. The molecule has 36 heavy (non-hydrogen) atoms. The molecule has 11 heteroatoms. The third kappa shape index (κ3) is 6.06. The van der Waals surface area contributed by atoms with Crippen LogP contribution in [0.5, 0.6) is 11.5 Å². The molecule has 0 atom stereocenters. The van der Waals surface area contributed by atoms with Crippen LogP contribution in [-0.4, -0.2) is 6.36 Å². The van der Waals surface area contributed by atoms with E-state index in [0.717, 1.165) is 18.6 Å². The van der Waals surface area contributed by atoms with Gasteiger partial charge in [0.1, 0.15) is 23.3 Å². The largest absolute Gasteiger partial charge is 0.573 e. The Balaban J connectivity index is 1.95. The first kappa shape index (κ1) is 27.2. The van der Waals surface area contributed by atoms with Crippen molar-refractivity contribution in [3.63, 3.8) is 0 Å². The minimum atomic E-state index is -5.36. The lowest BCUT2D eigenvalue weighted by atomic mass is 9.94. The maximum absolute atomic E-state index is 15.2. The van der Waals surface area contributed by atoms with E-state index in [2.05, 4.69) is 4.74 Å².